The Labute approximate surface area is 259 Å². The Bertz CT molecular complexity index is 1550. The zero-order chi connectivity index (χ0) is 31.8. The van der Waals surface area contributed by atoms with Gasteiger partial charge in [0.2, 0.25) is 12.4 Å². The summed E-state index contributed by atoms with van der Waals surface area (Å²) in [5.74, 6) is 0.226. The van der Waals surface area contributed by atoms with E-state index in [1.54, 1.807) is 35.2 Å². The number of rotatable bonds is 10. The largest absolute Gasteiger partial charge is 0.486 e. The van der Waals surface area contributed by atoms with Crippen molar-refractivity contribution in [1.82, 2.24) is 24.8 Å². The van der Waals surface area contributed by atoms with E-state index in [0.717, 1.165) is 12.8 Å². The third-order valence-electron chi connectivity index (χ3n) is 7.68. The Morgan fingerprint density at radius 3 is 2.69 bits per heavy atom. The first-order chi connectivity index (χ1) is 21.9. The van der Waals surface area contributed by atoms with Crippen LogP contribution in [-0.4, -0.2) is 95.4 Å². The molecule has 0 aliphatic carbocycles. The molecule has 3 heterocycles. The van der Waals surface area contributed by atoms with Gasteiger partial charge in [-0.3, -0.25) is 4.79 Å². The van der Waals surface area contributed by atoms with Crippen LogP contribution >= 0.6 is 0 Å². The van der Waals surface area contributed by atoms with Crippen LogP contribution in [0, 0.1) is 17.1 Å². The summed E-state index contributed by atoms with van der Waals surface area (Å²) in [6.07, 6.45) is 1.50. The molecule has 2 aliphatic rings. The number of carbonyl (C=O) groups excluding carboxylic acids is 2. The van der Waals surface area contributed by atoms with Gasteiger partial charge in [-0.25, -0.2) is 23.5 Å². The van der Waals surface area contributed by atoms with Crippen molar-refractivity contribution in [1.29, 1.82) is 5.26 Å². The van der Waals surface area contributed by atoms with Crippen LogP contribution in [0.25, 0.3) is 11.4 Å². The number of piperidine rings is 1. The van der Waals surface area contributed by atoms with Crippen molar-refractivity contribution < 1.29 is 27.8 Å². The maximum absolute atomic E-state index is 15.2. The predicted octanol–water partition coefficient (Wildman–Crippen LogP) is 4.30. The number of unbranched alkanes of at least 4 members (excludes halogenated alkanes) is 1. The fourth-order valence-electron chi connectivity index (χ4n) is 5.15. The molecule has 45 heavy (non-hydrogen) atoms. The van der Waals surface area contributed by atoms with Crippen molar-refractivity contribution in [3.05, 3.63) is 54.1 Å². The number of nitriles is 1. The highest BCUT2D eigenvalue weighted by Crippen LogP contribution is 2.29. The van der Waals surface area contributed by atoms with Crippen LogP contribution in [0.1, 0.15) is 31.7 Å². The number of hydrogen-bond acceptors (Lipinski definition) is 10. The van der Waals surface area contributed by atoms with Gasteiger partial charge in [-0.1, -0.05) is 13.3 Å². The standard InChI is InChI=1S/C31H34F2N8O4/c1-2-3-14-44-31(43)41-12-10-40(11-13-41)26-6-5-23(16-24(26)32)37-30-36-19-35-29(38-30)21-4-7-27(22(15-21)17-34)45-28-8-9-39(20-42)18-25(28)33/h4-7,15-16,19-20,25,28H,2-3,8-14,18H2,1H3,(H,35,36,37,38)/t25-,28+/m1/s1. The van der Waals surface area contributed by atoms with E-state index in [-0.39, 0.29) is 35.7 Å². The zero-order valence-corrected chi connectivity index (χ0v) is 24.9. The normalized spacial score (nSPS) is 18.2. The van der Waals surface area contributed by atoms with Gasteiger partial charge < -0.3 is 29.5 Å². The number of anilines is 3. The van der Waals surface area contributed by atoms with Gasteiger partial charge in [0.1, 0.15) is 30.1 Å². The number of nitrogens with one attached hydrogen (secondary N) is 1. The molecule has 0 spiro atoms. The van der Waals surface area contributed by atoms with Crippen molar-refractivity contribution in [2.24, 2.45) is 0 Å². The van der Waals surface area contributed by atoms with Gasteiger partial charge in [0.05, 0.1) is 24.4 Å². The maximum Gasteiger partial charge on any atom is 0.409 e. The molecule has 1 aromatic heterocycles. The number of aromatic nitrogens is 3. The van der Waals surface area contributed by atoms with Crippen LogP contribution in [-0.2, 0) is 9.53 Å². The van der Waals surface area contributed by atoms with Crippen LogP contribution in [0.2, 0.25) is 0 Å². The van der Waals surface area contributed by atoms with Crippen molar-refractivity contribution in [3.8, 4) is 23.2 Å². The van der Waals surface area contributed by atoms with Crippen LogP contribution in [0.5, 0.6) is 5.75 Å². The minimum absolute atomic E-state index is 0.0599. The molecule has 0 unspecified atom stereocenters. The van der Waals surface area contributed by atoms with Crippen molar-refractivity contribution >= 4 is 29.8 Å². The highest BCUT2D eigenvalue weighted by molar-refractivity contribution is 5.68. The second-order valence-electron chi connectivity index (χ2n) is 10.7. The minimum atomic E-state index is -1.37. The van der Waals surface area contributed by atoms with Crippen LogP contribution in [0.3, 0.4) is 0 Å². The Hall–Kier alpha value is -5.06. The molecule has 0 saturated carbocycles. The third kappa shape index (κ3) is 7.72. The molecule has 2 amide bonds. The molecule has 2 atom stereocenters. The van der Waals surface area contributed by atoms with E-state index in [1.165, 1.54) is 17.3 Å². The number of nitrogens with zero attached hydrogens (tertiary/aromatic N) is 7. The number of halogens is 2. The number of carbonyl (C=O) groups is 2. The van der Waals surface area contributed by atoms with Crippen molar-refractivity contribution in [2.75, 3.05) is 56.1 Å². The topological polar surface area (TPSA) is 137 Å². The second kappa shape index (κ2) is 14.6. The van der Waals surface area contributed by atoms with Crippen molar-refractivity contribution in [3.63, 3.8) is 0 Å². The summed E-state index contributed by atoms with van der Waals surface area (Å²) >= 11 is 0. The molecule has 12 nitrogen and oxygen atoms in total. The van der Waals surface area contributed by atoms with E-state index >= 15 is 4.39 Å². The molecule has 2 aliphatic heterocycles. The number of amides is 2. The lowest BCUT2D eigenvalue weighted by Gasteiger charge is -2.35. The Morgan fingerprint density at radius 2 is 1.98 bits per heavy atom. The highest BCUT2D eigenvalue weighted by atomic mass is 19.1. The van der Waals surface area contributed by atoms with Gasteiger partial charge in [-0.05, 0) is 42.8 Å². The summed E-state index contributed by atoms with van der Waals surface area (Å²) in [7, 11) is 0. The monoisotopic (exact) mass is 620 g/mol. The predicted molar refractivity (Wildman–Crippen MR) is 161 cm³/mol. The summed E-state index contributed by atoms with van der Waals surface area (Å²) in [6, 6.07) is 11.6. The SMILES string of the molecule is CCCCOC(=O)N1CCN(c2ccc(Nc3ncnc(-c4ccc(O[C@H]5CCN(C=O)C[C@H]5F)c(C#N)c4)n3)cc2F)CC1. The summed E-state index contributed by atoms with van der Waals surface area (Å²) in [5, 5.41) is 12.7. The average Bonchev–Trinajstić information content (AvgIpc) is 3.06. The summed E-state index contributed by atoms with van der Waals surface area (Å²) in [6.45, 7) is 4.58. The van der Waals surface area contributed by atoms with E-state index in [4.69, 9.17) is 9.47 Å². The number of alkyl halides is 1. The molecule has 2 aromatic carbocycles. The minimum Gasteiger partial charge on any atom is -0.486 e. The first kappa shape index (κ1) is 31.4. The summed E-state index contributed by atoms with van der Waals surface area (Å²) in [4.78, 5) is 40.8. The van der Waals surface area contributed by atoms with E-state index in [1.807, 2.05) is 11.8 Å². The number of likely N-dealkylation sites (tertiary alicyclic amines) is 1. The first-order valence-electron chi connectivity index (χ1n) is 14.8. The lowest BCUT2D eigenvalue weighted by Crippen LogP contribution is -2.49. The molecule has 236 valence electrons. The smallest absolute Gasteiger partial charge is 0.409 e. The average molecular weight is 621 g/mol. The Morgan fingerprint density at radius 1 is 1.16 bits per heavy atom. The van der Waals surface area contributed by atoms with Crippen molar-refractivity contribution in [2.45, 2.75) is 38.5 Å². The molecule has 2 fully saturated rings. The van der Waals surface area contributed by atoms with Crippen LogP contribution in [0.4, 0.5) is 30.9 Å². The van der Waals surface area contributed by atoms with Gasteiger partial charge in [0.25, 0.3) is 0 Å². The second-order valence-corrected chi connectivity index (χ2v) is 10.7. The van der Waals surface area contributed by atoms with Gasteiger partial charge in [-0.2, -0.15) is 10.2 Å². The fourth-order valence-corrected chi connectivity index (χ4v) is 5.15. The number of benzene rings is 2. The highest BCUT2D eigenvalue weighted by Gasteiger charge is 2.31. The molecular weight excluding hydrogens is 586 g/mol. The number of ether oxygens (including phenoxy) is 2. The lowest BCUT2D eigenvalue weighted by atomic mass is 10.1. The first-order valence-corrected chi connectivity index (χ1v) is 14.8. The zero-order valence-electron chi connectivity index (χ0n) is 24.9. The maximum atomic E-state index is 15.2. The van der Waals surface area contributed by atoms with E-state index < -0.39 is 18.1 Å². The molecule has 1 N–H and O–H groups in total. The van der Waals surface area contributed by atoms with Gasteiger partial charge in [0.15, 0.2) is 12.0 Å². The third-order valence-corrected chi connectivity index (χ3v) is 7.68. The molecule has 0 bridgehead atoms. The number of hydrogen-bond donors (Lipinski definition) is 1. The van der Waals surface area contributed by atoms with Crippen LogP contribution in [0.15, 0.2) is 42.7 Å². The molecular formula is C31H34F2N8O4. The molecule has 14 heteroatoms. The van der Waals surface area contributed by atoms with E-state index in [0.29, 0.717) is 69.1 Å². The molecule has 2 saturated heterocycles. The van der Waals surface area contributed by atoms with Gasteiger partial charge in [0, 0.05) is 50.4 Å². The quantitative estimate of drug-likeness (QED) is 0.258. The molecule has 5 rings (SSSR count). The van der Waals surface area contributed by atoms with Gasteiger partial charge >= 0.3 is 6.09 Å². The molecule has 3 aromatic rings. The fraction of sp³-hybridized carbons (Fsp3) is 0.419. The number of piperazine rings is 1. The van der Waals surface area contributed by atoms with E-state index in [2.05, 4.69) is 26.3 Å². The van der Waals surface area contributed by atoms with Crippen LogP contribution < -0.4 is 15.0 Å². The van der Waals surface area contributed by atoms with E-state index in [9.17, 15) is 19.2 Å². The Balaban J connectivity index is 1.21. The summed E-state index contributed by atoms with van der Waals surface area (Å²) < 4.78 is 40.8. The summed E-state index contributed by atoms with van der Waals surface area (Å²) in [5.41, 5.74) is 1.54. The van der Waals surface area contributed by atoms with Gasteiger partial charge in [-0.15, -0.1) is 0 Å². The molecule has 0 radical (unpaired) electrons. The Kier molecular flexibility index (Phi) is 10.2. The lowest BCUT2D eigenvalue weighted by molar-refractivity contribution is -0.121.